The Balaban J connectivity index is 1.65. The molecule has 0 aliphatic rings. The largest absolute Gasteiger partial charge is 0.369 e. The van der Waals surface area contributed by atoms with Crippen molar-refractivity contribution in [3.05, 3.63) is 107 Å². The number of nitrogens with two attached hydrogens (primary N) is 1. The first kappa shape index (κ1) is 23.8. The first-order valence-corrected chi connectivity index (χ1v) is 12.4. The number of guanidine groups is 1. The predicted molar refractivity (Wildman–Crippen MR) is 137 cm³/mol. The molecule has 9 heteroatoms. The third-order valence-electron chi connectivity index (χ3n) is 4.95. The summed E-state index contributed by atoms with van der Waals surface area (Å²) >= 11 is 12.5. The molecular formula is C25H20Cl2N4O2S. The van der Waals surface area contributed by atoms with E-state index in [9.17, 15) is 8.42 Å². The average Bonchev–Trinajstić information content (AvgIpc) is 2.84. The van der Waals surface area contributed by atoms with Crippen molar-refractivity contribution < 1.29 is 8.42 Å². The summed E-state index contributed by atoms with van der Waals surface area (Å²) in [5.41, 5.74) is 9.82. The molecule has 1 aromatic heterocycles. The molecule has 0 saturated carbocycles. The van der Waals surface area contributed by atoms with Gasteiger partial charge in [0, 0.05) is 32.9 Å². The van der Waals surface area contributed by atoms with E-state index in [1.54, 1.807) is 36.5 Å². The molecule has 0 atom stereocenters. The van der Waals surface area contributed by atoms with E-state index in [-0.39, 0.29) is 17.4 Å². The van der Waals surface area contributed by atoms with Crippen LogP contribution in [0.5, 0.6) is 0 Å². The van der Waals surface area contributed by atoms with Gasteiger partial charge < -0.3 is 5.73 Å². The minimum Gasteiger partial charge on any atom is -0.369 e. The molecule has 3 aromatic carbocycles. The zero-order valence-corrected chi connectivity index (χ0v) is 20.1. The Morgan fingerprint density at radius 3 is 2.29 bits per heavy atom. The summed E-state index contributed by atoms with van der Waals surface area (Å²) < 4.78 is 27.2. The highest BCUT2D eigenvalue weighted by molar-refractivity contribution is 7.90. The van der Waals surface area contributed by atoms with Crippen molar-refractivity contribution in [1.29, 1.82) is 0 Å². The molecule has 0 spiro atoms. The van der Waals surface area contributed by atoms with Gasteiger partial charge in [-0.05, 0) is 42.0 Å². The lowest BCUT2D eigenvalue weighted by Gasteiger charge is -2.13. The van der Waals surface area contributed by atoms with E-state index in [2.05, 4.69) is 14.7 Å². The second kappa shape index (κ2) is 10.3. The normalized spacial score (nSPS) is 11.9. The number of nitrogens with one attached hydrogen (secondary N) is 1. The monoisotopic (exact) mass is 510 g/mol. The van der Waals surface area contributed by atoms with Crippen LogP contribution in [0.25, 0.3) is 22.4 Å². The molecule has 4 aromatic rings. The van der Waals surface area contributed by atoms with Crippen LogP contribution in [-0.4, -0.2) is 19.4 Å². The number of sulfonamides is 1. The standard InChI is InChI=1S/C25H20Cl2N4O2S/c26-19-12-10-18(11-13-19)24-22(21-8-4-5-9-23(21)27)14-17(15-29-24)16-30-25(28)31-34(32,33)20-6-2-1-3-7-20/h1-15H,16H2,(H3,28,30,31). The molecule has 0 unspecified atom stereocenters. The highest BCUT2D eigenvalue weighted by atomic mass is 35.5. The van der Waals surface area contributed by atoms with Gasteiger partial charge in [-0.2, -0.15) is 0 Å². The van der Waals surface area contributed by atoms with Gasteiger partial charge in [0.1, 0.15) is 0 Å². The molecule has 0 aliphatic heterocycles. The maximum atomic E-state index is 12.4. The van der Waals surface area contributed by atoms with Gasteiger partial charge in [-0.1, -0.05) is 71.7 Å². The molecule has 0 fully saturated rings. The SMILES string of the molecule is NC(=NCc1cnc(-c2ccc(Cl)cc2)c(-c2ccccc2Cl)c1)NS(=O)(=O)c1ccccc1. The minimum atomic E-state index is -3.82. The summed E-state index contributed by atoms with van der Waals surface area (Å²) in [5, 5.41) is 1.21. The Kier molecular flexibility index (Phi) is 7.17. The van der Waals surface area contributed by atoms with Crippen LogP contribution in [0.1, 0.15) is 5.56 Å². The third-order valence-corrected chi connectivity index (χ3v) is 6.90. The Morgan fingerprint density at radius 1 is 0.912 bits per heavy atom. The van der Waals surface area contributed by atoms with E-state index in [0.717, 1.165) is 27.9 Å². The van der Waals surface area contributed by atoms with Gasteiger partial charge in [0.05, 0.1) is 17.1 Å². The molecule has 0 bridgehead atoms. The van der Waals surface area contributed by atoms with E-state index < -0.39 is 10.0 Å². The van der Waals surface area contributed by atoms with Crippen molar-refractivity contribution >= 4 is 39.2 Å². The predicted octanol–water partition coefficient (Wildman–Crippen LogP) is 5.52. The summed E-state index contributed by atoms with van der Waals surface area (Å²) in [6.45, 7) is 0.120. The molecule has 0 saturated heterocycles. The van der Waals surface area contributed by atoms with Crippen LogP contribution in [-0.2, 0) is 16.6 Å². The third kappa shape index (κ3) is 5.56. The van der Waals surface area contributed by atoms with Crippen LogP contribution in [0.15, 0.2) is 101 Å². The summed E-state index contributed by atoms with van der Waals surface area (Å²) in [6, 6.07) is 24.7. The quantitative estimate of drug-likeness (QED) is 0.263. The van der Waals surface area contributed by atoms with E-state index in [1.807, 2.05) is 42.5 Å². The van der Waals surface area contributed by atoms with Gasteiger partial charge in [0.15, 0.2) is 0 Å². The zero-order chi connectivity index (χ0) is 24.1. The summed E-state index contributed by atoms with van der Waals surface area (Å²) in [4.78, 5) is 8.94. The molecule has 0 amide bonds. The lowest BCUT2D eigenvalue weighted by atomic mass is 9.98. The van der Waals surface area contributed by atoms with Crippen LogP contribution in [0.2, 0.25) is 10.0 Å². The van der Waals surface area contributed by atoms with Gasteiger partial charge in [0.25, 0.3) is 10.0 Å². The Morgan fingerprint density at radius 2 is 1.59 bits per heavy atom. The average molecular weight is 511 g/mol. The number of aliphatic imine (C=N–C) groups is 1. The zero-order valence-electron chi connectivity index (χ0n) is 17.8. The molecule has 0 aliphatic carbocycles. The molecule has 6 nitrogen and oxygen atoms in total. The van der Waals surface area contributed by atoms with E-state index in [0.29, 0.717) is 10.0 Å². The van der Waals surface area contributed by atoms with Gasteiger partial charge in [-0.15, -0.1) is 0 Å². The lowest BCUT2D eigenvalue weighted by Crippen LogP contribution is -2.36. The Labute approximate surface area is 208 Å². The van der Waals surface area contributed by atoms with Gasteiger partial charge >= 0.3 is 0 Å². The minimum absolute atomic E-state index is 0.100. The number of benzene rings is 3. The first-order chi connectivity index (χ1) is 16.3. The lowest BCUT2D eigenvalue weighted by molar-refractivity contribution is 0.592. The summed E-state index contributed by atoms with van der Waals surface area (Å²) in [5.74, 6) is -0.218. The van der Waals surface area contributed by atoms with Crippen molar-refractivity contribution in [2.75, 3.05) is 0 Å². The van der Waals surface area contributed by atoms with Crippen molar-refractivity contribution in [2.24, 2.45) is 10.7 Å². The molecular weight excluding hydrogens is 491 g/mol. The summed E-state index contributed by atoms with van der Waals surface area (Å²) in [6.07, 6.45) is 1.67. The topological polar surface area (TPSA) is 97.4 Å². The van der Waals surface area contributed by atoms with E-state index in [4.69, 9.17) is 28.9 Å². The maximum absolute atomic E-state index is 12.4. The molecule has 1 heterocycles. The molecule has 3 N–H and O–H groups in total. The number of hydrogen-bond donors (Lipinski definition) is 2. The van der Waals surface area contributed by atoms with Gasteiger partial charge in [0.2, 0.25) is 5.96 Å². The van der Waals surface area contributed by atoms with Gasteiger partial charge in [-0.3, -0.25) is 4.98 Å². The van der Waals surface area contributed by atoms with Crippen LogP contribution in [0, 0.1) is 0 Å². The first-order valence-electron chi connectivity index (χ1n) is 10.2. The molecule has 4 rings (SSSR count). The van der Waals surface area contributed by atoms with Crippen molar-refractivity contribution in [2.45, 2.75) is 11.4 Å². The van der Waals surface area contributed by atoms with Crippen LogP contribution in [0.4, 0.5) is 0 Å². The smallest absolute Gasteiger partial charge is 0.264 e. The number of halogens is 2. The highest BCUT2D eigenvalue weighted by Crippen LogP contribution is 2.35. The van der Waals surface area contributed by atoms with E-state index in [1.165, 1.54) is 12.1 Å². The number of hydrogen-bond acceptors (Lipinski definition) is 4. The van der Waals surface area contributed by atoms with Crippen LogP contribution < -0.4 is 10.5 Å². The van der Waals surface area contributed by atoms with Crippen molar-refractivity contribution in [3.8, 4) is 22.4 Å². The maximum Gasteiger partial charge on any atom is 0.264 e. The van der Waals surface area contributed by atoms with Crippen LogP contribution >= 0.6 is 23.2 Å². The van der Waals surface area contributed by atoms with Gasteiger partial charge in [-0.25, -0.2) is 18.1 Å². The van der Waals surface area contributed by atoms with Crippen LogP contribution in [0.3, 0.4) is 0 Å². The highest BCUT2D eigenvalue weighted by Gasteiger charge is 2.15. The number of rotatable bonds is 6. The molecule has 0 radical (unpaired) electrons. The Hall–Kier alpha value is -3.39. The van der Waals surface area contributed by atoms with Crippen molar-refractivity contribution in [3.63, 3.8) is 0 Å². The molecule has 34 heavy (non-hydrogen) atoms. The second-order valence-electron chi connectivity index (χ2n) is 7.35. The fraction of sp³-hybridized carbons (Fsp3) is 0.0400. The second-order valence-corrected chi connectivity index (χ2v) is 9.87. The fourth-order valence-electron chi connectivity index (χ4n) is 3.32. The Bertz CT molecular complexity index is 1440. The molecule has 172 valence electrons. The summed E-state index contributed by atoms with van der Waals surface area (Å²) in [7, 11) is -3.82. The number of pyridine rings is 1. The number of aromatic nitrogens is 1. The van der Waals surface area contributed by atoms with Crippen molar-refractivity contribution in [1.82, 2.24) is 9.71 Å². The van der Waals surface area contributed by atoms with E-state index >= 15 is 0 Å². The number of nitrogens with zero attached hydrogens (tertiary/aromatic N) is 2. The fourth-order valence-corrected chi connectivity index (χ4v) is 4.66.